The molecule has 3 nitrogen and oxygen atoms in total. The second-order valence-corrected chi connectivity index (χ2v) is 5.92. The van der Waals surface area contributed by atoms with Crippen molar-refractivity contribution >= 4 is 5.97 Å². The second-order valence-electron chi connectivity index (χ2n) is 5.92. The monoisotopic (exact) mass is 300 g/mol. The fraction of sp³-hybridized carbons (Fsp3) is 0.944. The van der Waals surface area contributed by atoms with Gasteiger partial charge in [0.15, 0.2) is 0 Å². The van der Waals surface area contributed by atoms with Gasteiger partial charge < -0.3 is 0 Å². The summed E-state index contributed by atoms with van der Waals surface area (Å²) in [6.07, 6.45) is 16.4. The summed E-state index contributed by atoms with van der Waals surface area (Å²) in [4.78, 5) is 21.0. The molecule has 21 heavy (non-hydrogen) atoms. The summed E-state index contributed by atoms with van der Waals surface area (Å²) in [7, 11) is 0. The van der Waals surface area contributed by atoms with Crippen molar-refractivity contribution in [3.63, 3.8) is 0 Å². The quantitative estimate of drug-likeness (QED) is 0.200. The maximum atomic E-state index is 11.3. The third kappa shape index (κ3) is 17.4. The number of carbonyl (C=O) groups excluding carboxylic acids is 1. The Morgan fingerprint density at radius 2 is 1.14 bits per heavy atom. The van der Waals surface area contributed by atoms with Crippen molar-refractivity contribution < 1.29 is 14.6 Å². The van der Waals surface area contributed by atoms with Gasteiger partial charge in [-0.05, 0) is 12.8 Å². The summed E-state index contributed by atoms with van der Waals surface area (Å²) in [6.45, 7) is 4.95. The third-order valence-electron chi connectivity index (χ3n) is 3.72. The van der Waals surface area contributed by atoms with Crippen molar-refractivity contribution in [3.05, 3.63) is 0 Å². The lowest BCUT2D eigenvalue weighted by Gasteiger charge is -2.04. The van der Waals surface area contributed by atoms with Gasteiger partial charge in [-0.2, -0.15) is 4.89 Å². The molecule has 0 fully saturated rings. The van der Waals surface area contributed by atoms with E-state index >= 15 is 0 Å². The van der Waals surface area contributed by atoms with E-state index in [1.165, 1.54) is 64.2 Å². The van der Waals surface area contributed by atoms with Gasteiger partial charge in [-0.15, -0.1) is 0 Å². The standard InChI is InChI=1S/C18H36O3/c1-3-5-7-9-10-11-12-13-15-17-20-21-18(19)16-14-8-6-4-2/h3-17H2,1-2H3. The Kier molecular flexibility index (Phi) is 17.0. The Bertz CT molecular complexity index is 217. The molecule has 0 rings (SSSR count). The van der Waals surface area contributed by atoms with Crippen LogP contribution in [0.5, 0.6) is 0 Å². The topological polar surface area (TPSA) is 35.5 Å². The van der Waals surface area contributed by atoms with Crippen LogP contribution in [0.25, 0.3) is 0 Å². The summed E-state index contributed by atoms with van der Waals surface area (Å²) >= 11 is 0. The highest BCUT2D eigenvalue weighted by molar-refractivity contribution is 5.68. The summed E-state index contributed by atoms with van der Waals surface area (Å²) in [5, 5.41) is 0. The van der Waals surface area contributed by atoms with E-state index in [2.05, 4.69) is 13.8 Å². The molecule has 0 unspecified atom stereocenters. The van der Waals surface area contributed by atoms with E-state index in [4.69, 9.17) is 9.78 Å². The van der Waals surface area contributed by atoms with Gasteiger partial charge in [-0.1, -0.05) is 84.5 Å². The highest BCUT2D eigenvalue weighted by Crippen LogP contribution is 2.09. The van der Waals surface area contributed by atoms with Gasteiger partial charge in [-0.25, -0.2) is 4.79 Å². The Hall–Kier alpha value is -0.570. The SMILES string of the molecule is CCCCCCCCCCCOOC(=O)CCCCCC. The zero-order valence-corrected chi connectivity index (χ0v) is 14.3. The van der Waals surface area contributed by atoms with E-state index in [9.17, 15) is 4.79 Å². The lowest BCUT2D eigenvalue weighted by Crippen LogP contribution is -2.06. The molecule has 0 N–H and O–H groups in total. The fourth-order valence-electron chi connectivity index (χ4n) is 2.32. The van der Waals surface area contributed by atoms with Crippen molar-refractivity contribution in [1.82, 2.24) is 0 Å². The van der Waals surface area contributed by atoms with Gasteiger partial charge in [0.05, 0.1) is 6.61 Å². The van der Waals surface area contributed by atoms with Crippen LogP contribution in [0.1, 0.15) is 104 Å². The average Bonchev–Trinajstić information content (AvgIpc) is 2.49. The predicted molar refractivity (Wildman–Crippen MR) is 88.0 cm³/mol. The van der Waals surface area contributed by atoms with Crippen LogP contribution in [0.4, 0.5) is 0 Å². The number of hydrogen-bond acceptors (Lipinski definition) is 3. The molecule has 0 aliphatic carbocycles. The van der Waals surface area contributed by atoms with E-state index in [-0.39, 0.29) is 5.97 Å². The van der Waals surface area contributed by atoms with E-state index in [1.54, 1.807) is 0 Å². The molecule has 0 amide bonds. The Morgan fingerprint density at radius 1 is 0.667 bits per heavy atom. The van der Waals surface area contributed by atoms with Crippen LogP contribution < -0.4 is 0 Å². The Labute approximate surface area is 131 Å². The first-order valence-corrected chi connectivity index (χ1v) is 9.13. The third-order valence-corrected chi connectivity index (χ3v) is 3.72. The summed E-state index contributed by atoms with van der Waals surface area (Å²) in [5.74, 6) is -0.220. The first-order chi connectivity index (χ1) is 10.3. The lowest BCUT2D eigenvalue weighted by molar-refractivity contribution is -0.272. The van der Waals surface area contributed by atoms with Crippen LogP contribution >= 0.6 is 0 Å². The molecule has 0 heterocycles. The molecular weight excluding hydrogens is 264 g/mol. The lowest BCUT2D eigenvalue weighted by atomic mass is 10.1. The van der Waals surface area contributed by atoms with Crippen molar-refractivity contribution in [2.75, 3.05) is 6.61 Å². The molecule has 0 saturated carbocycles. The fourth-order valence-corrected chi connectivity index (χ4v) is 2.32. The second kappa shape index (κ2) is 17.5. The minimum atomic E-state index is -0.220. The molecule has 0 radical (unpaired) electrons. The molecule has 0 aromatic rings. The molecule has 0 saturated heterocycles. The van der Waals surface area contributed by atoms with Crippen LogP contribution in [-0.2, 0) is 14.6 Å². The largest absolute Gasteiger partial charge is 0.342 e. The van der Waals surface area contributed by atoms with E-state index < -0.39 is 0 Å². The molecule has 0 aromatic heterocycles. The van der Waals surface area contributed by atoms with Gasteiger partial charge in [-0.3, -0.25) is 4.89 Å². The molecule has 0 aliphatic heterocycles. The first kappa shape index (κ1) is 20.4. The number of rotatable bonds is 16. The Morgan fingerprint density at radius 3 is 1.71 bits per heavy atom. The molecule has 126 valence electrons. The zero-order chi connectivity index (χ0) is 15.6. The highest BCUT2D eigenvalue weighted by atomic mass is 17.2. The molecule has 3 heteroatoms. The van der Waals surface area contributed by atoms with E-state index in [0.717, 1.165) is 19.3 Å². The normalized spacial score (nSPS) is 10.8. The molecular formula is C18H36O3. The van der Waals surface area contributed by atoms with Gasteiger partial charge in [0.1, 0.15) is 0 Å². The zero-order valence-electron chi connectivity index (χ0n) is 14.3. The van der Waals surface area contributed by atoms with Crippen LogP contribution in [0.15, 0.2) is 0 Å². The van der Waals surface area contributed by atoms with Gasteiger partial charge in [0.2, 0.25) is 0 Å². The molecule has 0 spiro atoms. The number of hydrogen-bond donors (Lipinski definition) is 0. The minimum absolute atomic E-state index is 0.220. The Balaban J connectivity index is 3.09. The average molecular weight is 300 g/mol. The van der Waals surface area contributed by atoms with Crippen LogP contribution in [0, 0.1) is 0 Å². The van der Waals surface area contributed by atoms with Crippen molar-refractivity contribution in [2.24, 2.45) is 0 Å². The maximum Gasteiger partial charge on any atom is 0.342 e. The maximum absolute atomic E-state index is 11.3. The van der Waals surface area contributed by atoms with Crippen molar-refractivity contribution in [3.8, 4) is 0 Å². The molecule has 0 atom stereocenters. The predicted octanol–water partition coefficient (Wildman–Crippen LogP) is 5.96. The summed E-state index contributed by atoms with van der Waals surface area (Å²) in [6, 6.07) is 0. The summed E-state index contributed by atoms with van der Waals surface area (Å²) in [5.41, 5.74) is 0. The minimum Gasteiger partial charge on any atom is -0.298 e. The highest BCUT2D eigenvalue weighted by Gasteiger charge is 2.03. The van der Waals surface area contributed by atoms with E-state index in [0.29, 0.717) is 13.0 Å². The van der Waals surface area contributed by atoms with Crippen molar-refractivity contribution in [2.45, 2.75) is 104 Å². The van der Waals surface area contributed by atoms with Crippen molar-refractivity contribution in [1.29, 1.82) is 0 Å². The van der Waals surface area contributed by atoms with Crippen LogP contribution in [0.3, 0.4) is 0 Å². The van der Waals surface area contributed by atoms with Gasteiger partial charge in [0, 0.05) is 6.42 Å². The molecule has 0 aliphatic rings. The number of unbranched alkanes of at least 4 members (excludes halogenated alkanes) is 11. The van der Waals surface area contributed by atoms with Crippen LogP contribution in [-0.4, -0.2) is 12.6 Å². The smallest absolute Gasteiger partial charge is 0.298 e. The van der Waals surface area contributed by atoms with E-state index in [1.807, 2.05) is 0 Å². The summed E-state index contributed by atoms with van der Waals surface area (Å²) < 4.78 is 0. The molecule has 0 aromatic carbocycles. The molecule has 0 bridgehead atoms. The first-order valence-electron chi connectivity index (χ1n) is 9.13. The van der Waals surface area contributed by atoms with Gasteiger partial charge >= 0.3 is 5.97 Å². The van der Waals surface area contributed by atoms with Gasteiger partial charge in [0.25, 0.3) is 0 Å². The van der Waals surface area contributed by atoms with Crippen LogP contribution in [0.2, 0.25) is 0 Å². The number of carbonyl (C=O) groups is 1.